The number of nitrogens with one attached hydrogen (secondary N) is 1. The summed E-state index contributed by atoms with van der Waals surface area (Å²) in [5.74, 6) is -0.396. The van der Waals surface area contributed by atoms with E-state index in [0.717, 1.165) is 12.7 Å². The number of amides is 2. The van der Waals surface area contributed by atoms with Crippen LogP contribution in [0.15, 0.2) is 0 Å². The second-order valence-electron chi connectivity index (χ2n) is 6.37. The monoisotopic (exact) mass is 297 g/mol. The number of hydrogen-bond acceptors (Lipinski definition) is 4. The predicted octanol–water partition coefficient (Wildman–Crippen LogP) is 0.300. The summed E-state index contributed by atoms with van der Waals surface area (Å²) in [5.41, 5.74) is 5.90. The smallest absolute Gasteiger partial charge is 0.243 e. The molecule has 0 aromatic carbocycles. The largest absolute Gasteiger partial charge is 0.345 e. The van der Waals surface area contributed by atoms with E-state index in [9.17, 15) is 14.4 Å². The highest BCUT2D eigenvalue weighted by Gasteiger charge is 2.37. The number of hydrogen-bond donors (Lipinski definition) is 2. The van der Waals surface area contributed by atoms with Crippen LogP contribution in [-0.2, 0) is 14.4 Å². The van der Waals surface area contributed by atoms with Crippen molar-refractivity contribution in [1.82, 2.24) is 10.2 Å². The minimum atomic E-state index is -0.592. The summed E-state index contributed by atoms with van der Waals surface area (Å²) in [6, 6.07) is -1.62. The van der Waals surface area contributed by atoms with Gasteiger partial charge in [-0.1, -0.05) is 27.7 Å². The lowest BCUT2D eigenvalue weighted by atomic mass is 10.0. The molecule has 3 atom stereocenters. The molecule has 6 heteroatoms. The van der Waals surface area contributed by atoms with Crippen LogP contribution in [0.1, 0.15) is 40.5 Å². The van der Waals surface area contributed by atoms with Crippen LogP contribution in [0.4, 0.5) is 0 Å². The molecule has 21 heavy (non-hydrogen) atoms. The van der Waals surface area contributed by atoms with E-state index >= 15 is 0 Å². The Bertz CT molecular complexity index is 396. The van der Waals surface area contributed by atoms with E-state index in [2.05, 4.69) is 5.32 Å². The van der Waals surface area contributed by atoms with Crippen molar-refractivity contribution in [3.05, 3.63) is 0 Å². The van der Waals surface area contributed by atoms with Gasteiger partial charge in [-0.15, -0.1) is 0 Å². The average molecular weight is 297 g/mol. The number of nitrogens with zero attached hydrogens (tertiary/aromatic N) is 1. The van der Waals surface area contributed by atoms with E-state index in [1.165, 1.54) is 0 Å². The van der Waals surface area contributed by atoms with E-state index in [4.69, 9.17) is 5.73 Å². The maximum absolute atomic E-state index is 12.3. The maximum Gasteiger partial charge on any atom is 0.243 e. The fourth-order valence-corrected chi connectivity index (χ4v) is 2.40. The third-order valence-corrected chi connectivity index (χ3v) is 4.02. The van der Waals surface area contributed by atoms with Crippen LogP contribution >= 0.6 is 0 Å². The van der Waals surface area contributed by atoms with Crippen LogP contribution in [0.2, 0.25) is 0 Å². The average Bonchev–Trinajstić information content (AvgIpc) is 2.91. The molecule has 0 saturated carbocycles. The molecule has 1 saturated heterocycles. The second kappa shape index (κ2) is 7.54. The Morgan fingerprint density at radius 2 is 1.86 bits per heavy atom. The first-order chi connectivity index (χ1) is 9.79. The Morgan fingerprint density at radius 3 is 2.33 bits per heavy atom. The van der Waals surface area contributed by atoms with Crippen molar-refractivity contribution < 1.29 is 14.4 Å². The Hall–Kier alpha value is -1.43. The van der Waals surface area contributed by atoms with Crippen molar-refractivity contribution in [3.63, 3.8) is 0 Å². The predicted molar refractivity (Wildman–Crippen MR) is 80.4 cm³/mol. The summed E-state index contributed by atoms with van der Waals surface area (Å²) < 4.78 is 0. The molecule has 3 unspecified atom stereocenters. The summed E-state index contributed by atoms with van der Waals surface area (Å²) in [7, 11) is 0. The van der Waals surface area contributed by atoms with E-state index in [-0.39, 0.29) is 23.7 Å². The van der Waals surface area contributed by atoms with Gasteiger partial charge in [-0.25, -0.2) is 0 Å². The highest BCUT2D eigenvalue weighted by molar-refractivity contribution is 5.91. The van der Waals surface area contributed by atoms with Crippen LogP contribution < -0.4 is 11.1 Å². The summed E-state index contributed by atoms with van der Waals surface area (Å²) in [6.45, 7) is 8.05. The molecule has 0 bridgehead atoms. The highest BCUT2D eigenvalue weighted by atomic mass is 16.2. The molecule has 1 fully saturated rings. The lowest BCUT2D eigenvalue weighted by molar-refractivity contribution is -0.140. The Kier molecular flexibility index (Phi) is 6.33. The molecular formula is C15H27N3O3. The van der Waals surface area contributed by atoms with E-state index in [0.29, 0.717) is 13.0 Å². The van der Waals surface area contributed by atoms with Gasteiger partial charge in [0.25, 0.3) is 0 Å². The molecule has 2 amide bonds. The van der Waals surface area contributed by atoms with Gasteiger partial charge in [0.05, 0.1) is 12.1 Å². The minimum absolute atomic E-state index is 0.0231. The highest BCUT2D eigenvalue weighted by Crippen LogP contribution is 2.20. The molecule has 0 aromatic rings. The molecule has 1 heterocycles. The topological polar surface area (TPSA) is 92.5 Å². The first kappa shape index (κ1) is 17.6. The molecule has 0 radical (unpaired) electrons. The molecule has 120 valence electrons. The molecular weight excluding hydrogens is 270 g/mol. The summed E-state index contributed by atoms with van der Waals surface area (Å²) in [5, 5.41) is 2.72. The fraction of sp³-hybridized carbons (Fsp3) is 0.800. The Morgan fingerprint density at radius 1 is 1.24 bits per heavy atom. The van der Waals surface area contributed by atoms with Crippen LogP contribution in [0.3, 0.4) is 0 Å². The zero-order valence-corrected chi connectivity index (χ0v) is 13.3. The molecule has 6 nitrogen and oxygen atoms in total. The van der Waals surface area contributed by atoms with Crippen molar-refractivity contribution in [2.24, 2.45) is 17.6 Å². The molecule has 0 aliphatic carbocycles. The molecule has 1 aliphatic rings. The van der Waals surface area contributed by atoms with Crippen molar-refractivity contribution in [2.75, 3.05) is 6.54 Å². The maximum atomic E-state index is 12.3. The number of carbonyl (C=O) groups excluding carboxylic acids is 3. The van der Waals surface area contributed by atoms with E-state index in [1.54, 1.807) is 4.90 Å². The Balaban J connectivity index is 2.74. The van der Waals surface area contributed by atoms with Gasteiger partial charge in [0, 0.05) is 6.54 Å². The van der Waals surface area contributed by atoms with Crippen LogP contribution in [0, 0.1) is 11.8 Å². The second-order valence-corrected chi connectivity index (χ2v) is 6.37. The molecule has 1 rings (SSSR count). The quantitative estimate of drug-likeness (QED) is 0.690. The van der Waals surface area contributed by atoms with Crippen LogP contribution in [-0.4, -0.2) is 47.7 Å². The lowest BCUT2D eigenvalue weighted by Gasteiger charge is -2.29. The SMILES string of the molecule is CC(C)C(C=O)NC(=O)C1CCCN1C(=O)C(N)C(C)C. The van der Waals surface area contributed by atoms with Gasteiger partial charge in [0.2, 0.25) is 11.8 Å². The summed E-state index contributed by atoms with van der Waals surface area (Å²) >= 11 is 0. The van der Waals surface area contributed by atoms with Crippen molar-refractivity contribution in [1.29, 1.82) is 0 Å². The van der Waals surface area contributed by atoms with Gasteiger partial charge in [-0.2, -0.15) is 0 Å². The van der Waals surface area contributed by atoms with Crippen molar-refractivity contribution >= 4 is 18.1 Å². The Labute approximate surface area is 126 Å². The van der Waals surface area contributed by atoms with Gasteiger partial charge >= 0.3 is 0 Å². The first-order valence-electron chi connectivity index (χ1n) is 7.61. The normalized spacial score (nSPS) is 21.5. The third-order valence-electron chi connectivity index (χ3n) is 4.02. The van der Waals surface area contributed by atoms with Crippen LogP contribution in [0.25, 0.3) is 0 Å². The zero-order chi connectivity index (χ0) is 16.2. The van der Waals surface area contributed by atoms with Crippen molar-refractivity contribution in [3.8, 4) is 0 Å². The molecule has 0 aromatic heterocycles. The van der Waals surface area contributed by atoms with Gasteiger partial charge in [0.1, 0.15) is 12.3 Å². The number of likely N-dealkylation sites (tertiary alicyclic amines) is 1. The number of aldehydes is 1. The standard InChI is InChI=1S/C15H27N3O3/c1-9(2)11(8-19)17-14(20)12-6-5-7-18(12)15(21)13(16)10(3)4/h8-13H,5-7,16H2,1-4H3,(H,17,20). The molecule has 1 aliphatic heterocycles. The first-order valence-corrected chi connectivity index (χ1v) is 7.61. The van der Waals surface area contributed by atoms with Gasteiger partial charge in [0.15, 0.2) is 0 Å². The lowest BCUT2D eigenvalue weighted by Crippen LogP contribution is -2.54. The fourth-order valence-electron chi connectivity index (χ4n) is 2.40. The third kappa shape index (κ3) is 4.27. The number of carbonyl (C=O) groups is 3. The van der Waals surface area contributed by atoms with Gasteiger partial charge < -0.3 is 20.7 Å². The van der Waals surface area contributed by atoms with Crippen LogP contribution in [0.5, 0.6) is 0 Å². The minimum Gasteiger partial charge on any atom is -0.345 e. The van der Waals surface area contributed by atoms with Gasteiger partial charge in [-0.3, -0.25) is 9.59 Å². The zero-order valence-electron chi connectivity index (χ0n) is 13.3. The molecule has 0 spiro atoms. The van der Waals surface area contributed by atoms with Gasteiger partial charge in [-0.05, 0) is 24.7 Å². The van der Waals surface area contributed by atoms with E-state index < -0.39 is 18.1 Å². The summed E-state index contributed by atoms with van der Waals surface area (Å²) in [6.07, 6.45) is 2.14. The van der Waals surface area contributed by atoms with Crippen molar-refractivity contribution in [2.45, 2.75) is 58.7 Å². The summed E-state index contributed by atoms with van der Waals surface area (Å²) in [4.78, 5) is 37.2. The van der Waals surface area contributed by atoms with E-state index in [1.807, 2.05) is 27.7 Å². The number of rotatable bonds is 6. The number of nitrogens with two attached hydrogens (primary N) is 1. The molecule has 3 N–H and O–H groups in total.